The van der Waals surface area contributed by atoms with E-state index in [1.54, 1.807) is 0 Å². The molecule has 0 saturated heterocycles. The van der Waals surface area contributed by atoms with Crippen molar-refractivity contribution in [2.75, 3.05) is 13.2 Å². The maximum Gasteiger partial charge on any atom is 0.306 e. The van der Waals surface area contributed by atoms with E-state index in [1.165, 1.54) is 116 Å². The standard InChI is InChI=1S/C49H86O5/c1-3-5-7-9-11-13-15-17-19-21-23-24-26-28-30-32-34-36-38-40-42-44-49(52)54-47(45-50)46-53-48(51)43-41-39-37-35-33-31-29-27-25-22-20-18-16-14-12-10-8-6-4-2/h6,8,12,14,18,20,25,27,31,33,47,50H,3-5,7,9-11,13,15-17,19,21-24,26,28-30,32,34-46H2,1-2H3/b8-6+,14-12+,20-18+,27-25+,33-31+/t47-/m0/s1. The van der Waals surface area contributed by atoms with Crippen molar-refractivity contribution < 1.29 is 24.2 Å². The number of allylic oxidation sites excluding steroid dienone is 10. The Balaban J connectivity index is 3.57. The molecular weight excluding hydrogens is 669 g/mol. The minimum Gasteiger partial charge on any atom is -0.462 e. The zero-order valence-electron chi connectivity index (χ0n) is 35.5. The summed E-state index contributed by atoms with van der Waals surface area (Å²) in [7, 11) is 0. The highest BCUT2D eigenvalue weighted by Gasteiger charge is 2.16. The third kappa shape index (κ3) is 42.3. The monoisotopic (exact) mass is 755 g/mol. The van der Waals surface area contributed by atoms with Crippen LogP contribution in [0.4, 0.5) is 0 Å². The maximum atomic E-state index is 12.2. The Morgan fingerprint density at radius 3 is 1.20 bits per heavy atom. The second-order valence-electron chi connectivity index (χ2n) is 15.1. The van der Waals surface area contributed by atoms with Gasteiger partial charge in [-0.2, -0.15) is 0 Å². The van der Waals surface area contributed by atoms with Crippen LogP contribution < -0.4 is 0 Å². The first-order chi connectivity index (χ1) is 26.6. The lowest BCUT2D eigenvalue weighted by Gasteiger charge is -2.15. The fourth-order valence-corrected chi connectivity index (χ4v) is 6.41. The number of hydrogen-bond acceptors (Lipinski definition) is 5. The normalized spacial score (nSPS) is 12.7. The Labute approximate surface area is 334 Å². The number of aliphatic hydroxyl groups is 1. The molecule has 0 radical (unpaired) electrons. The quantitative estimate of drug-likeness (QED) is 0.0382. The van der Waals surface area contributed by atoms with E-state index in [9.17, 15) is 14.7 Å². The average Bonchev–Trinajstić information content (AvgIpc) is 3.17. The van der Waals surface area contributed by atoms with Gasteiger partial charge in [-0.1, -0.05) is 209 Å². The van der Waals surface area contributed by atoms with Gasteiger partial charge in [-0.15, -0.1) is 0 Å². The van der Waals surface area contributed by atoms with Crippen molar-refractivity contribution in [3.05, 3.63) is 60.8 Å². The summed E-state index contributed by atoms with van der Waals surface area (Å²) in [6, 6.07) is 0. The highest BCUT2D eigenvalue weighted by molar-refractivity contribution is 5.70. The Morgan fingerprint density at radius 2 is 0.796 bits per heavy atom. The third-order valence-corrected chi connectivity index (χ3v) is 9.83. The van der Waals surface area contributed by atoms with Gasteiger partial charge in [-0.3, -0.25) is 9.59 Å². The van der Waals surface area contributed by atoms with E-state index in [2.05, 4.69) is 74.6 Å². The number of ether oxygens (including phenoxy) is 2. The number of aliphatic hydroxyl groups excluding tert-OH is 1. The third-order valence-electron chi connectivity index (χ3n) is 9.83. The van der Waals surface area contributed by atoms with Crippen LogP contribution in [0.25, 0.3) is 0 Å². The molecule has 5 nitrogen and oxygen atoms in total. The summed E-state index contributed by atoms with van der Waals surface area (Å²) in [4.78, 5) is 24.4. The number of rotatable bonds is 41. The second kappa shape index (κ2) is 45.0. The molecule has 0 rings (SSSR count). The molecule has 1 N–H and O–H groups in total. The molecule has 0 amide bonds. The van der Waals surface area contributed by atoms with E-state index in [0.29, 0.717) is 12.8 Å². The molecule has 312 valence electrons. The summed E-state index contributed by atoms with van der Waals surface area (Å²) in [6.45, 7) is 4.01. The van der Waals surface area contributed by atoms with Crippen molar-refractivity contribution in [1.82, 2.24) is 0 Å². The highest BCUT2D eigenvalue weighted by atomic mass is 16.6. The van der Waals surface area contributed by atoms with Gasteiger partial charge >= 0.3 is 11.9 Å². The van der Waals surface area contributed by atoms with Crippen molar-refractivity contribution >= 4 is 11.9 Å². The molecule has 0 aliphatic rings. The van der Waals surface area contributed by atoms with Crippen molar-refractivity contribution in [3.8, 4) is 0 Å². The van der Waals surface area contributed by atoms with Crippen LogP contribution >= 0.6 is 0 Å². The zero-order chi connectivity index (χ0) is 39.3. The molecule has 0 saturated carbocycles. The lowest BCUT2D eigenvalue weighted by atomic mass is 10.0. The first kappa shape index (κ1) is 51.6. The molecule has 0 aliphatic heterocycles. The van der Waals surface area contributed by atoms with Crippen LogP contribution in [-0.2, 0) is 19.1 Å². The van der Waals surface area contributed by atoms with Gasteiger partial charge in [0.2, 0.25) is 0 Å². The molecule has 54 heavy (non-hydrogen) atoms. The van der Waals surface area contributed by atoms with Crippen LogP contribution in [-0.4, -0.2) is 36.4 Å². The molecular formula is C49H86O5. The maximum absolute atomic E-state index is 12.2. The van der Waals surface area contributed by atoms with Gasteiger partial charge in [0, 0.05) is 12.8 Å². The Morgan fingerprint density at radius 1 is 0.444 bits per heavy atom. The molecule has 0 aromatic carbocycles. The van der Waals surface area contributed by atoms with Gasteiger partial charge in [-0.05, 0) is 57.8 Å². The van der Waals surface area contributed by atoms with Gasteiger partial charge in [0.05, 0.1) is 6.61 Å². The Bertz CT molecular complexity index is 946. The van der Waals surface area contributed by atoms with Crippen LogP contribution in [0.5, 0.6) is 0 Å². The number of esters is 2. The van der Waals surface area contributed by atoms with Crippen molar-refractivity contribution in [3.63, 3.8) is 0 Å². The molecule has 0 aliphatic carbocycles. The minimum atomic E-state index is -0.785. The smallest absolute Gasteiger partial charge is 0.306 e. The van der Waals surface area contributed by atoms with Crippen molar-refractivity contribution in [2.24, 2.45) is 0 Å². The van der Waals surface area contributed by atoms with Crippen LogP contribution in [0.1, 0.15) is 219 Å². The molecule has 1 atom stereocenters. The summed E-state index contributed by atoms with van der Waals surface area (Å²) in [5.74, 6) is -0.623. The summed E-state index contributed by atoms with van der Waals surface area (Å²) >= 11 is 0. The van der Waals surface area contributed by atoms with Gasteiger partial charge in [0.25, 0.3) is 0 Å². The van der Waals surface area contributed by atoms with Crippen LogP contribution in [0, 0.1) is 0 Å². The first-order valence-corrected chi connectivity index (χ1v) is 22.8. The molecule has 0 spiro atoms. The van der Waals surface area contributed by atoms with Gasteiger partial charge < -0.3 is 14.6 Å². The first-order valence-electron chi connectivity index (χ1n) is 22.8. The number of unbranched alkanes of at least 4 members (excludes halogenated alkanes) is 23. The van der Waals surface area contributed by atoms with Crippen molar-refractivity contribution in [2.45, 2.75) is 225 Å². The fourth-order valence-electron chi connectivity index (χ4n) is 6.41. The second-order valence-corrected chi connectivity index (χ2v) is 15.1. The van der Waals surface area contributed by atoms with E-state index in [-0.39, 0.29) is 25.2 Å². The average molecular weight is 755 g/mol. The SMILES string of the molecule is CC/C=C/C/C=C/C/C=C/C/C=C/C/C=C/CCCCCC(=O)OC[C@H](CO)OC(=O)CCCCCCCCCCCCCCCCCCCCCCC. The van der Waals surface area contributed by atoms with E-state index in [4.69, 9.17) is 9.47 Å². The van der Waals surface area contributed by atoms with E-state index in [0.717, 1.165) is 77.0 Å². The number of carbonyl (C=O) groups excluding carboxylic acids is 2. The highest BCUT2D eigenvalue weighted by Crippen LogP contribution is 2.16. The Kier molecular flexibility index (Phi) is 43.0. The largest absolute Gasteiger partial charge is 0.462 e. The number of carbonyl (C=O) groups is 2. The fraction of sp³-hybridized carbons (Fsp3) is 0.755. The summed E-state index contributed by atoms with van der Waals surface area (Å²) in [5, 5.41) is 9.59. The zero-order valence-corrected chi connectivity index (χ0v) is 35.5. The predicted molar refractivity (Wildman–Crippen MR) is 233 cm³/mol. The lowest BCUT2D eigenvalue weighted by Crippen LogP contribution is -2.28. The minimum absolute atomic E-state index is 0.0829. The summed E-state index contributed by atoms with van der Waals surface area (Å²) in [5.41, 5.74) is 0. The predicted octanol–water partition coefficient (Wildman–Crippen LogP) is 14.7. The van der Waals surface area contributed by atoms with Crippen molar-refractivity contribution in [1.29, 1.82) is 0 Å². The molecule has 0 bridgehead atoms. The molecule has 0 aromatic rings. The van der Waals surface area contributed by atoms with Crippen LogP contribution in [0.15, 0.2) is 60.8 Å². The molecule has 5 heteroatoms. The Hall–Kier alpha value is -2.40. The van der Waals surface area contributed by atoms with E-state index < -0.39 is 6.10 Å². The van der Waals surface area contributed by atoms with E-state index in [1.807, 2.05) is 0 Å². The number of hydrogen-bond donors (Lipinski definition) is 1. The van der Waals surface area contributed by atoms with Crippen LogP contribution in [0.2, 0.25) is 0 Å². The molecule has 0 heterocycles. The molecule has 0 unspecified atom stereocenters. The van der Waals surface area contributed by atoms with Gasteiger partial charge in [0.15, 0.2) is 6.10 Å². The van der Waals surface area contributed by atoms with E-state index >= 15 is 0 Å². The van der Waals surface area contributed by atoms with Gasteiger partial charge in [-0.25, -0.2) is 0 Å². The summed E-state index contributed by atoms with van der Waals surface area (Å²) < 4.78 is 10.6. The topological polar surface area (TPSA) is 72.8 Å². The summed E-state index contributed by atoms with van der Waals surface area (Å²) in [6.07, 6.45) is 58.7. The van der Waals surface area contributed by atoms with Gasteiger partial charge in [0.1, 0.15) is 6.61 Å². The lowest BCUT2D eigenvalue weighted by molar-refractivity contribution is -0.161. The molecule has 0 fully saturated rings. The van der Waals surface area contributed by atoms with Crippen LogP contribution in [0.3, 0.4) is 0 Å². The molecule has 0 aromatic heterocycles.